The Morgan fingerprint density at radius 3 is 2.62 bits per heavy atom. The second-order valence-electron chi connectivity index (χ2n) is 7.52. The summed E-state index contributed by atoms with van der Waals surface area (Å²) in [6.45, 7) is 0. The zero-order valence-electron chi connectivity index (χ0n) is 14.6. The Hall–Kier alpha value is -1.73. The van der Waals surface area contributed by atoms with Gasteiger partial charge in [0.15, 0.2) is 15.0 Å². The second kappa shape index (κ2) is 6.78. The molecule has 2 bridgehead atoms. The molecule has 2 saturated carbocycles. The molecule has 7 heteroatoms. The maximum atomic E-state index is 12.3. The van der Waals surface area contributed by atoms with Crippen molar-refractivity contribution < 1.29 is 13.2 Å². The number of rotatable bonds is 5. The third-order valence-electron chi connectivity index (χ3n) is 5.66. The fraction of sp³-hybridized carbons (Fsp3) is 0.474. The van der Waals surface area contributed by atoms with Crippen molar-refractivity contribution >= 4 is 32.2 Å². The number of sulfone groups is 1. The highest BCUT2D eigenvalue weighted by Crippen LogP contribution is 2.49. The lowest BCUT2D eigenvalue weighted by Crippen LogP contribution is -2.20. The lowest BCUT2D eigenvalue weighted by molar-refractivity contribution is -0.117. The molecule has 0 radical (unpaired) electrons. The number of carbonyl (C=O) groups is 1. The highest BCUT2D eigenvalue weighted by Gasteiger charge is 2.40. The molecule has 26 heavy (non-hydrogen) atoms. The fourth-order valence-corrected chi connectivity index (χ4v) is 5.74. The van der Waals surface area contributed by atoms with E-state index in [-0.39, 0.29) is 10.8 Å². The van der Waals surface area contributed by atoms with Crippen molar-refractivity contribution in [1.82, 2.24) is 4.98 Å². The Morgan fingerprint density at radius 1 is 1.23 bits per heavy atom. The highest BCUT2D eigenvalue weighted by molar-refractivity contribution is 7.90. The van der Waals surface area contributed by atoms with E-state index in [1.165, 1.54) is 43.3 Å². The average Bonchev–Trinajstić information content (AvgIpc) is 3.31. The van der Waals surface area contributed by atoms with Crippen LogP contribution in [0.15, 0.2) is 34.5 Å². The minimum Gasteiger partial charge on any atom is -0.302 e. The largest absolute Gasteiger partial charge is 0.302 e. The molecular weight excluding hydrogens is 368 g/mol. The normalized spacial score (nSPS) is 24.7. The second-order valence-corrected chi connectivity index (χ2v) is 10.4. The summed E-state index contributed by atoms with van der Waals surface area (Å²) in [6.07, 6.45) is 6.93. The van der Waals surface area contributed by atoms with E-state index in [1.54, 1.807) is 24.3 Å². The van der Waals surface area contributed by atoms with Crippen LogP contribution in [0, 0.1) is 17.8 Å². The monoisotopic (exact) mass is 390 g/mol. The van der Waals surface area contributed by atoms with Crippen molar-refractivity contribution in [2.75, 3.05) is 11.6 Å². The van der Waals surface area contributed by atoms with Crippen LogP contribution in [0.1, 0.15) is 32.1 Å². The molecule has 1 aromatic carbocycles. The standard InChI is InChI=1S/C19H22N2O3S2/c1-26(23,24)16-6-4-13(5-7-16)17-11-25-19(20-17)21-18(22)10-15-9-12-2-3-14(15)8-12/h4-7,11-12,14-15H,2-3,8-10H2,1H3,(H,20,21,22)/t12-,14+,15+/m0/s1. The van der Waals surface area contributed by atoms with Gasteiger partial charge >= 0.3 is 0 Å². The van der Waals surface area contributed by atoms with Crippen LogP contribution in [0.4, 0.5) is 5.13 Å². The summed E-state index contributed by atoms with van der Waals surface area (Å²) < 4.78 is 23.1. The van der Waals surface area contributed by atoms with Crippen molar-refractivity contribution in [2.45, 2.75) is 37.0 Å². The summed E-state index contributed by atoms with van der Waals surface area (Å²) in [6, 6.07) is 6.65. The van der Waals surface area contributed by atoms with Crippen LogP contribution in [0.2, 0.25) is 0 Å². The number of aromatic nitrogens is 1. The molecule has 138 valence electrons. The first-order valence-corrected chi connectivity index (χ1v) is 11.7. The van der Waals surface area contributed by atoms with Crippen molar-refractivity contribution in [3.8, 4) is 11.3 Å². The van der Waals surface area contributed by atoms with Gasteiger partial charge in [0.1, 0.15) is 0 Å². The van der Waals surface area contributed by atoms with E-state index in [1.807, 2.05) is 5.38 Å². The van der Waals surface area contributed by atoms with Crippen LogP contribution in [-0.2, 0) is 14.6 Å². The summed E-state index contributed by atoms with van der Waals surface area (Å²) in [5, 5.41) is 5.40. The Balaban J connectivity index is 1.39. The molecule has 2 fully saturated rings. The van der Waals surface area contributed by atoms with Crippen molar-refractivity contribution in [1.29, 1.82) is 0 Å². The first-order valence-electron chi connectivity index (χ1n) is 8.94. The molecule has 4 rings (SSSR count). The number of benzene rings is 1. The zero-order valence-corrected chi connectivity index (χ0v) is 16.3. The Labute approximate surface area is 157 Å². The number of carbonyl (C=O) groups excluding carboxylic acids is 1. The van der Waals surface area contributed by atoms with Crippen LogP contribution in [0.5, 0.6) is 0 Å². The van der Waals surface area contributed by atoms with Crippen LogP contribution >= 0.6 is 11.3 Å². The maximum absolute atomic E-state index is 12.3. The number of hydrogen-bond acceptors (Lipinski definition) is 5. The van der Waals surface area contributed by atoms with Gasteiger partial charge in [-0.25, -0.2) is 13.4 Å². The molecule has 1 heterocycles. The summed E-state index contributed by atoms with van der Waals surface area (Å²) in [5.74, 6) is 2.18. The molecule has 0 unspecified atom stereocenters. The van der Waals surface area contributed by atoms with Crippen LogP contribution in [0.3, 0.4) is 0 Å². The molecule has 2 aromatic rings. The molecule has 1 aromatic heterocycles. The molecule has 0 aliphatic heterocycles. The number of nitrogens with one attached hydrogen (secondary N) is 1. The van der Waals surface area contributed by atoms with E-state index in [2.05, 4.69) is 10.3 Å². The molecule has 1 N–H and O–H groups in total. The predicted octanol–water partition coefficient (Wildman–Crippen LogP) is 3.98. The summed E-state index contributed by atoms with van der Waals surface area (Å²) >= 11 is 1.39. The van der Waals surface area contributed by atoms with Gasteiger partial charge in [0, 0.05) is 23.6 Å². The molecular formula is C19H22N2O3S2. The molecule has 1 amide bonds. The van der Waals surface area contributed by atoms with Gasteiger partial charge in [-0.1, -0.05) is 18.6 Å². The first kappa shape index (κ1) is 17.7. The quantitative estimate of drug-likeness (QED) is 0.838. The van der Waals surface area contributed by atoms with E-state index in [4.69, 9.17) is 0 Å². The molecule has 0 spiro atoms. The van der Waals surface area contributed by atoms with Crippen LogP contribution < -0.4 is 5.32 Å². The molecule has 3 atom stereocenters. The summed E-state index contributed by atoms with van der Waals surface area (Å²) in [7, 11) is -3.20. The van der Waals surface area contributed by atoms with Gasteiger partial charge in [-0.15, -0.1) is 11.3 Å². The third-order valence-corrected chi connectivity index (χ3v) is 7.55. The smallest absolute Gasteiger partial charge is 0.226 e. The van der Waals surface area contributed by atoms with Gasteiger partial charge in [-0.3, -0.25) is 4.79 Å². The number of hydrogen-bond donors (Lipinski definition) is 1. The Bertz CT molecular complexity index is 919. The number of amides is 1. The van der Waals surface area contributed by atoms with E-state index in [0.717, 1.165) is 23.1 Å². The highest BCUT2D eigenvalue weighted by atomic mass is 32.2. The lowest BCUT2D eigenvalue weighted by atomic mass is 9.86. The lowest BCUT2D eigenvalue weighted by Gasteiger charge is -2.20. The average molecular weight is 391 g/mol. The minimum atomic E-state index is -3.20. The first-order chi connectivity index (χ1) is 12.4. The van der Waals surface area contributed by atoms with Crippen molar-refractivity contribution in [3.05, 3.63) is 29.6 Å². The maximum Gasteiger partial charge on any atom is 0.226 e. The van der Waals surface area contributed by atoms with Crippen LogP contribution in [-0.4, -0.2) is 25.6 Å². The summed E-state index contributed by atoms with van der Waals surface area (Å²) in [5.41, 5.74) is 1.58. The molecule has 5 nitrogen and oxygen atoms in total. The predicted molar refractivity (Wildman–Crippen MR) is 103 cm³/mol. The number of anilines is 1. The van der Waals surface area contributed by atoms with E-state index in [0.29, 0.717) is 17.5 Å². The van der Waals surface area contributed by atoms with Gasteiger partial charge in [0.05, 0.1) is 10.6 Å². The van der Waals surface area contributed by atoms with Crippen LogP contribution in [0.25, 0.3) is 11.3 Å². The summed E-state index contributed by atoms with van der Waals surface area (Å²) in [4.78, 5) is 17.1. The van der Waals surface area contributed by atoms with Crippen molar-refractivity contribution in [3.63, 3.8) is 0 Å². The van der Waals surface area contributed by atoms with E-state index >= 15 is 0 Å². The zero-order chi connectivity index (χ0) is 18.3. The number of nitrogens with zero attached hydrogens (tertiary/aromatic N) is 1. The fourth-order valence-electron chi connectivity index (χ4n) is 4.37. The molecule has 0 saturated heterocycles. The Kier molecular flexibility index (Phi) is 4.61. The molecule has 2 aliphatic carbocycles. The van der Waals surface area contributed by atoms with Gasteiger partial charge in [0.2, 0.25) is 5.91 Å². The minimum absolute atomic E-state index is 0.0517. The van der Waals surface area contributed by atoms with E-state index < -0.39 is 9.84 Å². The van der Waals surface area contributed by atoms with Gasteiger partial charge in [-0.2, -0.15) is 0 Å². The van der Waals surface area contributed by atoms with E-state index in [9.17, 15) is 13.2 Å². The molecule has 2 aliphatic rings. The van der Waals surface area contributed by atoms with Gasteiger partial charge in [-0.05, 0) is 49.1 Å². The number of thiazole rings is 1. The Morgan fingerprint density at radius 2 is 2.00 bits per heavy atom. The van der Waals surface area contributed by atoms with Gasteiger partial charge < -0.3 is 5.32 Å². The SMILES string of the molecule is CS(=O)(=O)c1ccc(-c2csc(NC(=O)C[C@H]3C[C@H]4CC[C@@H]3C4)n2)cc1. The topological polar surface area (TPSA) is 76.1 Å². The van der Waals surface area contributed by atoms with Gasteiger partial charge in [0.25, 0.3) is 0 Å². The van der Waals surface area contributed by atoms with Crippen molar-refractivity contribution in [2.24, 2.45) is 17.8 Å². The number of fused-ring (bicyclic) bond motifs is 2. The third kappa shape index (κ3) is 3.69.